The Balaban J connectivity index is 1.46. The number of nitrogens with one attached hydrogen (secondary N) is 1. The Morgan fingerprint density at radius 3 is 2.39 bits per heavy atom. The number of methoxy groups -OCH3 is 1. The molecule has 3 aromatic rings. The summed E-state index contributed by atoms with van der Waals surface area (Å²) in [6.07, 6.45) is 4.27. The minimum Gasteiger partial charge on any atom is -0.465 e. The van der Waals surface area contributed by atoms with Gasteiger partial charge in [0.25, 0.3) is 5.91 Å². The van der Waals surface area contributed by atoms with E-state index in [0.717, 1.165) is 53.8 Å². The topological polar surface area (TPSA) is 81.4 Å². The number of anilines is 2. The number of halogens is 2. The van der Waals surface area contributed by atoms with Crippen molar-refractivity contribution in [1.29, 1.82) is 0 Å². The fraction of sp³-hybridized carbons (Fsp3) is 0.280. The van der Waals surface area contributed by atoms with Crippen LogP contribution in [0, 0.1) is 11.6 Å². The van der Waals surface area contributed by atoms with Gasteiger partial charge in [-0.25, -0.2) is 13.6 Å². The van der Waals surface area contributed by atoms with Crippen molar-refractivity contribution >= 4 is 33.9 Å². The lowest BCUT2D eigenvalue weighted by atomic mass is 9.95. The van der Waals surface area contributed by atoms with E-state index < -0.39 is 23.5 Å². The summed E-state index contributed by atoms with van der Waals surface area (Å²) in [5.41, 5.74) is 8.69. The third-order valence-electron chi connectivity index (χ3n) is 5.86. The van der Waals surface area contributed by atoms with Crippen LogP contribution in [-0.2, 0) is 30.4 Å². The van der Waals surface area contributed by atoms with Gasteiger partial charge in [-0.15, -0.1) is 11.3 Å². The van der Waals surface area contributed by atoms with Crippen LogP contribution in [-0.4, -0.2) is 19.0 Å². The molecule has 0 aliphatic heterocycles. The van der Waals surface area contributed by atoms with Crippen LogP contribution < -0.4 is 11.1 Å². The molecule has 4 rings (SSSR count). The molecule has 1 heterocycles. The van der Waals surface area contributed by atoms with Gasteiger partial charge in [0.2, 0.25) is 0 Å². The maximum Gasteiger partial charge on any atom is 0.337 e. The summed E-state index contributed by atoms with van der Waals surface area (Å²) in [7, 11) is 1.30. The Kier molecular flexibility index (Phi) is 6.74. The van der Waals surface area contributed by atoms with Crippen molar-refractivity contribution in [3.8, 4) is 0 Å². The van der Waals surface area contributed by atoms with Gasteiger partial charge in [0.15, 0.2) is 0 Å². The molecule has 0 unspecified atom stereocenters. The number of carbonyl (C=O) groups excluding carboxylic acids is 2. The first-order valence-corrected chi connectivity index (χ1v) is 11.6. The zero-order chi connectivity index (χ0) is 23.5. The molecule has 172 valence electrons. The summed E-state index contributed by atoms with van der Waals surface area (Å²) >= 11 is 1.42. The Morgan fingerprint density at radius 2 is 1.73 bits per heavy atom. The smallest absolute Gasteiger partial charge is 0.337 e. The van der Waals surface area contributed by atoms with Gasteiger partial charge < -0.3 is 15.8 Å². The molecule has 0 saturated heterocycles. The number of rotatable bonds is 6. The number of carbonyl (C=O) groups is 2. The molecule has 2 aromatic carbocycles. The number of benzene rings is 2. The minimum atomic E-state index is -0.725. The molecule has 8 heteroatoms. The Hall–Kier alpha value is -3.26. The predicted molar refractivity (Wildman–Crippen MR) is 125 cm³/mol. The number of ether oxygens (including phenoxy) is 1. The lowest BCUT2D eigenvalue weighted by molar-refractivity contribution is 0.0600. The molecule has 0 spiro atoms. The Morgan fingerprint density at radius 1 is 1.06 bits per heavy atom. The summed E-state index contributed by atoms with van der Waals surface area (Å²) in [4.78, 5) is 25.5. The first-order chi connectivity index (χ1) is 15.9. The van der Waals surface area contributed by atoms with Crippen LogP contribution in [0.25, 0.3) is 0 Å². The van der Waals surface area contributed by atoms with Crippen LogP contribution in [0.1, 0.15) is 55.1 Å². The average molecular weight is 471 g/mol. The first kappa shape index (κ1) is 22.9. The van der Waals surface area contributed by atoms with Gasteiger partial charge in [-0.05, 0) is 73.9 Å². The van der Waals surface area contributed by atoms with E-state index >= 15 is 0 Å². The fourth-order valence-electron chi connectivity index (χ4n) is 4.14. The number of esters is 1. The van der Waals surface area contributed by atoms with Crippen LogP contribution in [0.15, 0.2) is 36.4 Å². The van der Waals surface area contributed by atoms with Crippen LogP contribution in [0.2, 0.25) is 0 Å². The number of aryl methyl sites for hydroxylation is 2. The number of nitrogens with two attached hydrogens (primary N) is 1. The highest BCUT2D eigenvalue weighted by molar-refractivity contribution is 7.16. The molecule has 5 nitrogen and oxygen atoms in total. The number of hydrogen-bond acceptors (Lipinski definition) is 5. The van der Waals surface area contributed by atoms with Gasteiger partial charge in [0.05, 0.1) is 23.2 Å². The molecule has 0 bridgehead atoms. The van der Waals surface area contributed by atoms with Crippen molar-refractivity contribution in [2.24, 2.45) is 0 Å². The largest absolute Gasteiger partial charge is 0.465 e. The molecule has 1 aromatic heterocycles. The van der Waals surface area contributed by atoms with Gasteiger partial charge in [-0.2, -0.15) is 0 Å². The highest BCUT2D eigenvalue weighted by atomic mass is 32.1. The lowest BCUT2D eigenvalue weighted by Crippen LogP contribution is -2.16. The van der Waals surface area contributed by atoms with Crippen LogP contribution in [0.4, 0.5) is 19.5 Å². The Bertz CT molecular complexity index is 1180. The molecule has 1 aliphatic rings. The monoisotopic (exact) mass is 470 g/mol. The van der Waals surface area contributed by atoms with E-state index in [9.17, 15) is 18.4 Å². The lowest BCUT2D eigenvalue weighted by Gasteiger charge is -2.13. The standard InChI is InChI=1S/C25H24F2N2O3S/c1-32-25(31)15-9-6-14(7-10-15)8-11-17-19(26)12-16(13-20(17)27)29-24(30)22-18-4-2-3-5-21(18)33-23(22)28/h6-7,9-10,12-13H,2-5,8,11,28H2,1H3,(H,29,30). The molecule has 1 aliphatic carbocycles. The van der Waals surface area contributed by atoms with Gasteiger partial charge in [0, 0.05) is 16.1 Å². The molecule has 0 fully saturated rings. The summed E-state index contributed by atoms with van der Waals surface area (Å²) in [6, 6.07) is 8.94. The third kappa shape index (κ3) is 4.90. The first-order valence-electron chi connectivity index (χ1n) is 10.7. The summed E-state index contributed by atoms with van der Waals surface area (Å²) < 4.78 is 34.1. The number of hydrogen-bond donors (Lipinski definition) is 2. The molecule has 0 atom stereocenters. The van der Waals surface area contributed by atoms with Crippen molar-refractivity contribution in [3.05, 3.63) is 80.7 Å². The van der Waals surface area contributed by atoms with E-state index in [4.69, 9.17) is 5.73 Å². The average Bonchev–Trinajstić information content (AvgIpc) is 3.14. The van der Waals surface area contributed by atoms with Crippen molar-refractivity contribution in [2.75, 3.05) is 18.2 Å². The molecular weight excluding hydrogens is 446 g/mol. The van der Waals surface area contributed by atoms with Gasteiger partial charge in [-0.1, -0.05) is 12.1 Å². The zero-order valence-corrected chi connectivity index (χ0v) is 19.0. The second-order valence-electron chi connectivity index (χ2n) is 8.01. The highest BCUT2D eigenvalue weighted by Crippen LogP contribution is 2.36. The fourth-order valence-corrected chi connectivity index (χ4v) is 5.30. The van der Waals surface area contributed by atoms with E-state index in [0.29, 0.717) is 22.5 Å². The zero-order valence-electron chi connectivity index (χ0n) is 18.2. The second-order valence-corrected chi connectivity index (χ2v) is 9.15. The number of nitrogen functional groups attached to an aromatic ring is 1. The maximum atomic E-state index is 14.7. The molecule has 33 heavy (non-hydrogen) atoms. The molecule has 3 N–H and O–H groups in total. The minimum absolute atomic E-state index is 0.0522. The summed E-state index contributed by atoms with van der Waals surface area (Å²) in [5.74, 6) is -2.33. The van der Waals surface area contributed by atoms with Crippen molar-refractivity contribution in [1.82, 2.24) is 0 Å². The van der Waals surface area contributed by atoms with Gasteiger partial charge in [-0.3, -0.25) is 4.79 Å². The molecular formula is C25H24F2N2O3S. The van der Waals surface area contributed by atoms with Crippen LogP contribution in [0.5, 0.6) is 0 Å². The molecule has 0 radical (unpaired) electrons. The summed E-state index contributed by atoms with van der Waals surface area (Å²) in [5, 5.41) is 3.04. The number of fused-ring (bicyclic) bond motifs is 1. The quantitative estimate of drug-likeness (QED) is 0.479. The van der Waals surface area contributed by atoms with Crippen LogP contribution >= 0.6 is 11.3 Å². The third-order valence-corrected chi connectivity index (χ3v) is 6.98. The van der Waals surface area contributed by atoms with Crippen LogP contribution in [0.3, 0.4) is 0 Å². The SMILES string of the molecule is COC(=O)c1ccc(CCc2c(F)cc(NC(=O)c3c(N)sc4c3CCCC4)cc2F)cc1. The molecule has 1 amide bonds. The second kappa shape index (κ2) is 9.70. The normalized spacial score (nSPS) is 12.8. The van der Waals surface area contributed by atoms with E-state index in [1.54, 1.807) is 24.3 Å². The number of thiophene rings is 1. The summed E-state index contributed by atoms with van der Waals surface area (Å²) in [6.45, 7) is 0. The van der Waals surface area contributed by atoms with E-state index in [2.05, 4.69) is 10.1 Å². The Labute approximate surface area is 194 Å². The van der Waals surface area contributed by atoms with E-state index in [1.165, 1.54) is 18.4 Å². The van der Waals surface area contributed by atoms with E-state index in [-0.39, 0.29) is 17.7 Å². The highest BCUT2D eigenvalue weighted by Gasteiger charge is 2.24. The van der Waals surface area contributed by atoms with E-state index in [1.807, 2.05) is 0 Å². The van der Waals surface area contributed by atoms with Gasteiger partial charge in [0.1, 0.15) is 11.6 Å². The predicted octanol–water partition coefficient (Wildman–Crippen LogP) is 5.31. The maximum absolute atomic E-state index is 14.7. The number of amides is 1. The van der Waals surface area contributed by atoms with Crippen molar-refractivity contribution < 1.29 is 23.1 Å². The van der Waals surface area contributed by atoms with Crippen molar-refractivity contribution in [2.45, 2.75) is 38.5 Å². The van der Waals surface area contributed by atoms with Crippen molar-refractivity contribution in [3.63, 3.8) is 0 Å². The van der Waals surface area contributed by atoms with Gasteiger partial charge >= 0.3 is 5.97 Å². The molecule has 0 saturated carbocycles.